The number of rotatable bonds is 2. The van der Waals surface area contributed by atoms with Crippen molar-refractivity contribution in [2.24, 2.45) is 5.73 Å². The standard InChI is InChI=1S/C15H13F4N/c1-7-3-4-10(16)13(14(7)19)15(20)9-5-8(2)11(17)6-12(9)18/h3-6,15H,20H2,1-2H3. The quantitative estimate of drug-likeness (QED) is 0.831. The van der Waals surface area contributed by atoms with E-state index < -0.39 is 34.9 Å². The lowest BCUT2D eigenvalue weighted by Gasteiger charge is -2.17. The summed E-state index contributed by atoms with van der Waals surface area (Å²) in [6, 6.07) is 2.83. The highest BCUT2D eigenvalue weighted by atomic mass is 19.1. The van der Waals surface area contributed by atoms with Gasteiger partial charge in [-0.1, -0.05) is 6.07 Å². The zero-order chi connectivity index (χ0) is 15.0. The van der Waals surface area contributed by atoms with E-state index in [1.54, 1.807) is 0 Å². The Kier molecular flexibility index (Phi) is 3.81. The minimum atomic E-state index is -1.34. The van der Waals surface area contributed by atoms with E-state index in [9.17, 15) is 17.6 Å². The van der Waals surface area contributed by atoms with Crippen molar-refractivity contribution in [3.8, 4) is 0 Å². The van der Waals surface area contributed by atoms with Crippen molar-refractivity contribution in [3.05, 3.63) is 69.8 Å². The lowest BCUT2D eigenvalue weighted by Crippen LogP contribution is -2.18. The maximum absolute atomic E-state index is 14.0. The van der Waals surface area contributed by atoms with E-state index in [-0.39, 0.29) is 16.7 Å². The van der Waals surface area contributed by atoms with Crippen LogP contribution in [-0.2, 0) is 0 Å². The summed E-state index contributed by atoms with van der Waals surface area (Å²) < 4.78 is 54.7. The summed E-state index contributed by atoms with van der Waals surface area (Å²) in [7, 11) is 0. The molecule has 0 spiro atoms. The molecule has 0 radical (unpaired) electrons. The van der Waals surface area contributed by atoms with Crippen LogP contribution < -0.4 is 5.73 Å². The molecule has 0 amide bonds. The molecular formula is C15H13F4N. The molecule has 106 valence electrons. The Morgan fingerprint density at radius 3 is 2.15 bits per heavy atom. The normalized spacial score (nSPS) is 12.6. The van der Waals surface area contributed by atoms with E-state index in [0.717, 1.165) is 12.1 Å². The minimum Gasteiger partial charge on any atom is -0.320 e. The van der Waals surface area contributed by atoms with Crippen molar-refractivity contribution in [1.29, 1.82) is 0 Å². The fourth-order valence-electron chi connectivity index (χ4n) is 2.04. The van der Waals surface area contributed by atoms with Crippen molar-refractivity contribution >= 4 is 0 Å². The lowest BCUT2D eigenvalue weighted by molar-refractivity contribution is 0.523. The molecule has 1 atom stereocenters. The van der Waals surface area contributed by atoms with Crippen LogP contribution in [0.3, 0.4) is 0 Å². The average Bonchev–Trinajstić information content (AvgIpc) is 2.38. The van der Waals surface area contributed by atoms with Crippen LogP contribution in [0, 0.1) is 37.1 Å². The predicted octanol–water partition coefficient (Wildman–Crippen LogP) is 3.91. The van der Waals surface area contributed by atoms with Crippen LogP contribution in [0.25, 0.3) is 0 Å². The first kappa shape index (κ1) is 14.5. The van der Waals surface area contributed by atoms with Crippen molar-refractivity contribution in [1.82, 2.24) is 0 Å². The molecule has 0 saturated carbocycles. The van der Waals surface area contributed by atoms with E-state index in [1.165, 1.54) is 19.9 Å². The molecule has 20 heavy (non-hydrogen) atoms. The second-order valence-electron chi connectivity index (χ2n) is 4.69. The third-order valence-electron chi connectivity index (χ3n) is 3.24. The van der Waals surface area contributed by atoms with E-state index in [0.29, 0.717) is 6.07 Å². The van der Waals surface area contributed by atoms with Gasteiger partial charge in [0.25, 0.3) is 0 Å². The number of benzene rings is 2. The largest absolute Gasteiger partial charge is 0.320 e. The fourth-order valence-corrected chi connectivity index (χ4v) is 2.04. The Hall–Kier alpha value is -1.88. The third kappa shape index (κ3) is 2.41. The van der Waals surface area contributed by atoms with Gasteiger partial charge < -0.3 is 5.73 Å². The van der Waals surface area contributed by atoms with Crippen LogP contribution in [0.4, 0.5) is 17.6 Å². The fraction of sp³-hybridized carbons (Fsp3) is 0.200. The highest BCUT2D eigenvalue weighted by Gasteiger charge is 2.23. The summed E-state index contributed by atoms with van der Waals surface area (Å²) >= 11 is 0. The molecule has 0 saturated heterocycles. The molecule has 0 fully saturated rings. The van der Waals surface area contributed by atoms with Crippen LogP contribution in [0.15, 0.2) is 24.3 Å². The van der Waals surface area contributed by atoms with Gasteiger partial charge in [0.15, 0.2) is 0 Å². The van der Waals surface area contributed by atoms with Gasteiger partial charge in [-0.2, -0.15) is 0 Å². The average molecular weight is 283 g/mol. The van der Waals surface area contributed by atoms with E-state index >= 15 is 0 Å². The van der Waals surface area contributed by atoms with Crippen LogP contribution in [-0.4, -0.2) is 0 Å². The Bertz CT molecular complexity index is 667. The molecule has 0 heterocycles. The van der Waals surface area contributed by atoms with Crippen LogP contribution in [0.5, 0.6) is 0 Å². The maximum atomic E-state index is 14.0. The van der Waals surface area contributed by atoms with E-state index in [2.05, 4.69) is 0 Å². The topological polar surface area (TPSA) is 26.0 Å². The van der Waals surface area contributed by atoms with Crippen molar-refractivity contribution in [2.45, 2.75) is 19.9 Å². The molecule has 2 N–H and O–H groups in total. The summed E-state index contributed by atoms with van der Waals surface area (Å²) in [6.07, 6.45) is 0. The van der Waals surface area contributed by atoms with Crippen LogP contribution >= 0.6 is 0 Å². The van der Waals surface area contributed by atoms with Crippen molar-refractivity contribution < 1.29 is 17.6 Å². The number of hydrogen-bond acceptors (Lipinski definition) is 1. The Morgan fingerprint density at radius 1 is 0.850 bits per heavy atom. The molecular weight excluding hydrogens is 270 g/mol. The first-order valence-corrected chi connectivity index (χ1v) is 5.98. The molecule has 1 unspecified atom stereocenters. The van der Waals surface area contributed by atoms with Gasteiger partial charge in [-0.05, 0) is 37.1 Å². The molecule has 0 bridgehead atoms. The molecule has 2 aromatic rings. The third-order valence-corrected chi connectivity index (χ3v) is 3.24. The van der Waals surface area contributed by atoms with Gasteiger partial charge in [0.05, 0.1) is 6.04 Å². The summed E-state index contributed by atoms with van der Waals surface area (Å²) in [5.74, 6) is -3.34. The monoisotopic (exact) mass is 283 g/mol. The van der Waals surface area contributed by atoms with Crippen LogP contribution in [0.1, 0.15) is 28.3 Å². The second kappa shape index (κ2) is 5.25. The zero-order valence-corrected chi connectivity index (χ0v) is 11.0. The lowest BCUT2D eigenvalue weighted by atomic mass is 9.95. The Labute approximate surface area is 114 Å². The van der Waals surface area contributed by atoms with Gasteiger partial charge >= 0.3 is 0 Å². The Morgan fingerprint density at radius 2 is 1.50 bits per heavy atom. The highest BCUT2D eigenvalue weighted by Crippen LogP contribution is 2.29. The molecule has 5 heteroatoms. The smallest absolute Gasteiger partial charge is 0.134 e. The first-order valence-electron chi connectivity index (χ1n) is 5.98. The number of halogens is 4. The van der Waals surface area contributed by atoms with Gasteiger partial charge in [-0.15, -0.1) is 0 Å². The molecule has 0 aliphatic carbocycles. The molecule has 1 nitrogen and oxygen atoms in total. The molecule has 2 aromatic carbocycles. The number of hydrogen-bond donors (Lipinski definition) is 1. The minimum absolute atomic E-state index is 0.146. The predicted molar refractivity (Wildman–Crippen MR) is 68.2 cm³/mol. The summed E-state index contributed by atoms with van der Waals surface area (Å²) in [5.41, 5.74) is 5.56. The van der Waals surface area contributed by atoms with Crippen molar-refractivity contribution in [2.75, 3.05) is 0 Å². The van der Waals surface area contributed by atoms with Crippen LogP contribution in [0.2, 0.25) is 0 Å². The van der Waals surface area contributed by atoms with Gasteiger partial charge in [-0.3, -0.25) is 0 Å². The van der Waals surface area contributed by atoms with Crippen molar-refractivity contribution in [3.63, 3.8) is 0 Å². The molecule has 0 aromatic heterocycles. The van der Waals surface area contributed by atoms with E-state index in [4.69, 9.17) is 5.73 Å². The van der Waals surface area contributed by atoms with Gasteiger partial charge in [0.2, 0.25) is 0 Å². The number of nitrogens with two attached hydrogens (primary N) is 1. The molecule has 0 aliphatic rings. The summed E-state index contributed by atoms with van der Waals surface area (Å²) in [4.78, 5) is 0. The van der Waals surface area contributed by atoms with Gasteiger partial charge in [-0.25, -0.2) is 17.6 Å². The summed E-state index contributed by atoms with van der Waals surface area (Å²) in [6.45, 7) is 2.88. The zero-order valence-electron chi connectivity index (χ0n) is 11.0. The maximum Gasteiger partial charge on any atom is 0.134 e. The molecule has 0 aliphatic heterocycles. The Balaban J connectivity index is 2.60. The SMILES string of the molecule is Cc1cc(C(N)c2c(F)ccc(C)c2F)c(F)cc1F. The molecule has 2 rings (SSSR count). The van der Waals surface area contributed by atoms with Gasteiger partial charge in [0, 0.05) is 17.2 Å². The van der Waals surface area contributed by atoms with E-state index in [1.807, 2.05) is 0 Å². The first-order chi connectivity index (χ1) is 9.32. The van der Waals surface area contributed by atoms with Gasteiger partial charge in [0.1, 0.15) is 23.3 Å². The summed E-state index contributed by atoms with van der Waals surface area (Å²) in [5, 5.41) is 0. The second-order valence-corrected chi connectivity index (χ2v) is 4.69. The highest BCUT2D eigenvalue weighted by molar-refractivity contribution is 5.38. The number of aryl methyl sites for hydroxylation is 2.